The van der Waals surface area contributed by atoms with Crippen LogP contribution in [-0.2, 0) is 13.0 Å². The second-order valence-electron chi connectivity index (χ2n) is 6.60. The number of nitrogens with two attached hydrogens (primary N) is 2. The van der Waals surface area contributed by atoms with Gasteiger partial charge in [-0.25, -0.2) is 0 Å². The molecule has 0 bridgehead atoms. The number of aromatic hydroxyl groups is 1. The first kappa shape index (κ1) is 15.1. The number of nitrogens with zero attached hydrogens (tertiary/aromatic N) is 2. The van der Waals surface area contributed by atoms with Crippen LogP contribution in [0.15, 0.2) is 18.2 Å². The fourth-order valence-electron chi connectivity index (χ4n) is 3.53. The van der Waals surface area contributed by atoms with Gasteiger partial charge in [0.05, 0.1) is 0 Å². The summed E-state index contributed by atoms with van der Waals surface area (Å²) in [6.45, 7) is 2.89. The van der Waals surface area contributed by atoms with Crippen molar-refractivity contribution in [3.8, 4) is 17.4 Å². The van der Waals surface area contributed by atoms with Gasteiger partial charge in [0.2, 0.25) is 5.88 Å². The van der Waals surface area contributed by atoms with Gasteiger partial charge in [-0.2, -0.15) is 4.98 Å². The third-order valence-corrected chi connectivity index (χ3v) is 4.85. The highest BCUT2D eigenvalue weighted by Crippen LogP contribution is 2.44. The topological polar surface area (TPSA) is 97.6 Å². The third-order valence-electron chi connectivity index (χ3n) is 4.85. The fraction of sp³-hybridized carbons (Fsp3) is 0.389. The number of ether oxygens (including phenoxy) is 1. The first-order valence-electron chi connectivity index (χ1n) is 8.40. The van der Waals surface area contributed by atoms with Gasteiger partial charge >= 0.3 is 0 Å². The van der Waals surface area contributed by atoms with E-state index in [1.807, 2.05) is 12.1 Å². The molecule has 1 aromatic carbocycles. The molecule has 6 nitrogen and oxygen atoms in total. The van der Waals surface area contributed by atoms with Crippen molar-refractivity contribution in [2.24, 2.45) is 0 Å². The van der Waals surface area contributed by atoms with Gasteiger partial charge in [0.25, 0.3) is 0 Å². The highest BCUT2D eigenvalue weighted by Gasteiger charge is 2.25. The normalized spacial score (nSPS) is 17.0. The van der Waals surface area contributed by atoms with Crippen molar-refractivity contribution in [1.29, 1.82) is 0 Å². The first-order chi connectivity index (χ1) is 11.6. The molecule has 0 saturated carbocycles. The van der Waals surface area contributed by atoms with E-state index in [2.05, 4.69) is 9.88 Å². The van der Waals surface area contributed by atoms with Crippen LogP contribution in [0, 0.1) is 0 Å². The Balaban J connectivity index is 1.65. The number of hydrogen-bond donors (Lipinski definition) is 3. The third kappa shape index (κ3) is 2.63. The van der Waals surface area contributed by atoms with Crippen LogP contribution in [0.2, 0.25) is 0 Å². The second-order valence-corrected chi connectivity index (χ2v) is 6.60. The molecule has 2 aliphatic heterocycles. The maximum Gasteiger partial charge on any atom is 0.227 e. The molecular weight excluding hydrogens is 304 g/mol. The number of rotatable bonds is 2. The molecule has 3 heterocycles. The van der Waals surface area contributed by atoms with Gasteiger partial charge in [-0.1, -0.05) is 18.6 Å². The fourth-order valence-corrected chi connectivity index (χ4v) is 3.53. The Morgan fingerprint density at radius 1 is 1.17 bits per heavy atom. The number of hydrogen-bond acceptors (Lipinski definition) is 6. The lowest BCUT2D eigenvalue weighted by Gasteiger charge is -2.28. The number of piperidine rings is 1. The van der Waals surface area contributed by atoms with Crippen LogP contribution in [-0.4, -0.2) is 28.1 Å². The van der Waals surface area contributed by atoms with Crippen LogP contribution in [0.25, 0.3) is 0 Å². The van der Waals surface area contributed by atoms with Crippen molar-refractivity contribution in [3.05, 3.63) is 34.9 Å². The Kier molecular flexibility index (Phi) is 3.69. The SMILES string of the molecule is Nc1cc(N)c2c(n1)Oc1c(ccc(CN3CCCCC3)c1O)C2. The van der Waals surface area contributed by atoms with Gasteiger partial charge in [-0.15, -0.1) is 0 Å². The zero-order valence-electron chi connectivity index (χ0n) is 13.6. The maximum atomic E-state index is 10.7. The summed E-state index contributed by atoms with van der Waals surface area (Å²) in [7, 11) is 0. The molecule has 2 aliphatic rings. The Hall–Kier alpha value is -2.47. The van der Waals surface area contributed by atoms with Crippen molar-refractivity contribution < 1.29 is 9.84 Å². The van der Waals surface area contributed by atoms with Gasteiger partial charge in [-0.3, -0.25) is 4.90 Å². The molecule has 2 aromatic rings. The van der Waals surface area contributed by atoms with E-state index in [-0.39, 0.29) is 5.75 Å². The smallest absolute Gasteiger partial charge is 0.227 e. The molecule has 0 spiro atoms. The van der Waals surface area contributed by atoms with E-state index < -0.39 is 0 Å². The molecule has 1 saturated heterocycles. The van der Waals surface area contributed by atoms with Crippen molar-refractivity contribution >= 4 is 11.5 Å². The summed E-state index contributed by atoms with van der Waals surface area (Å²) >= 11 is 0. The Morgan fingerprint density at radius 2 is 1.96 bits per heavy atom. The van der Waals surface area contributed by atoms with Crippen molar-refractivity contribution in [2.45, 2.75) is 32.2 Å². The summed E-state index contributed by atoms with van der Waals surface area (Å²) in [4.78, 5) is 6.58. The molecule has 5 N–H and O–H groups in total. The number of anilines is 2. The average molecular weight is 326 g/mol. The lowest BCUT2D eigenvalue weighted by Crippen LogP contribution is -2.29. The van der Waals surface area contributed by atoms with E-state index in [0.29, 0.717) is 29.6 Å². The van der Waals surface area contributed by atoms with E-state index in [1.54, 1.807) is 6.07 Å². The monoisotopic (exact) mass is 326 g/mol. The molecule has 0 atom stereocenters. The number of fused-ring (bicyclic) bond motifs is 2. The Morgan fingerprint density at radius 3 is 2.75 bits per heavy atom. The van der Waals surface area contributed by atoms with Gasteiger partial charge < -0.3 is 21.3 Å². The van der Waals surface area contributed by atoms with E-state index in [4.69, 9.17) is 16.2 Å². The highest BCUT2D eigenvalue weighted by atomic mass is 16.5. The minimum absolute atomic E-state index is 0.200. The molecule has 0 radical (unpaired) electrons. The molecule has 1 fully saturated rings. The number of benzene rings is 1. The average Bonchev–Trinajstić information content (AvgIpc) is 2.57. The molecule has 0 unspecified atom stereocenters. The van der Waals surface area contributed by atoms with Gasteiger partial charge in [0, 0.05) is 41.4 Å². The molecule has 126 valence electrons. The zero-order valence-corrected chi connectivity index (χ0v) is 13.6. The molecule has 24 heavy (non-hydrogen) atoms. The van der Waals surface area contributed by atoms with Crippen LogP contribution < -0.4 is 16.2 Å². The molecule has 4 rings (SSSR count). The molecule has 1 aromatic heterocycles. The number of phenols is 1. The van der Waals surface area contributed by atoms with Gasteiger partial charge in [0.1, 0.15) is 5.82 Å². The van der Waals surface area contributed by atoms with E-state index >= 15 is 0 Å². The van der Waals surface area contributed by atoms with Crippen LogP contribution in [0.3, 0.4) is 0 Å². The Labute approximate surface area is 141 Å². The summed E-state index contributed by atoms with van der Waals surface area (Å²) in [5.74, 6) is 1.39. The number of aromatic nitrogens is 1. The summed E-state index contributed by atoms with van der Waals surface area (Å²) in [6.07, 6.45) is 4.32. The highest BCUT2D eigenvalue weighted by molar-refractivity contribution is 5.65. The summed E-state index contributed by atoms with van der Waals surface area (Å²) in [6, 6.07) is 5.63. The predicted octanol–water partition coefficient (Wildman–Crippen LogP) is 2.63. The summed E-state index contributed by atoms with van der Waals surface area (Å²) in [5, 5.41) is 10.7. The lowest BCUT2D eigenvalue weighted by molar-refractivity contribution is 0.218. The minimum atomic E-state index is 0.200. The van der Waals surface area contributed by atoms with Crippen LogP contribution in [0.4, 0.5) is 11.5 Å². The molecule has 0 amide bonds. The second kappa shape index (κ2) is 5.87. The van der Waals surface area contributed by atoms with Gasteiger partial charge in [0.15, 0.2) is 11.5 Å². The predicted molar refractivity (Wildman–Crippen MR) is 93.2 cm³/mol. The van der Waals surface area contributed by atoms with Crippen LogP contribution in [0.5, 0.6) is 17.4 Å². The largest absolute Gasteiger partial charge is 0.504 e. The standard InChI is InChI=1S/C18H22N4O2/c19-14-9-15(20)21-18-13(14)8-11-4-5-12(16(23)17(11)24-18)10-22-6-2-1-3-7-22/h4-5,9,23H,1-3,6-8,10H2,(H4,19,20,21). The molecule has 0 aliphatic carbocycles. The minimum Gasteiger partial charge on any atom is -0.504 e. The van der Waals surface area contributed by atoms with Gasteiger partial charge in [-0.05, 0) is 25.9 Å². The van der Waals surface area contributed by atoms with E-state index in [1.165, 1.54) is 19.3 Å². The summed E-state index contributed by atoms with van der Waals surface area (Å²) in [5.41, 5.74) is 15.0. The van der Waals surface area contributed by atoms with Crippen molar-refractivity contribution in [3.63, 3.8) is 0 Å². The van der Waals surface area contributed by atoms with E-state index in [9.17, 15) is 5.11 Å². The van der Waals surface area contributed by atoms with Crippen LogP contribution >= 0.6 is 0 Å². The number of likely N-dealkylation sites (tertiary alicyclic amines) is 1. The first-order valence-corrected chi connectivity index (χ1v) is 8.40. The quantitative estimate of drug-likeness (QED) is 0.670. The number of pyridine rings is 1. The maximum absolute atomic E-state index is 10.7. The van der Waals surface area contributed by atoms with Crippen LogP contribution in [0.1, 0.15) is 36.0 Å². The molecular formula is C18H22N4O2. The number of nitrogen functional groups attached to an aromatic ring is 2. The van der Waals surface area contributed by atoms with Crippen molar-refractivity contribution in [2.75, 3.05) is 24.6 Å². The summed E-state index contributed by atoms with van der Waals surface area (Å²) < 4.78 is 5.86. The Bertz CT molecular complexity index is 785. The number of phenolic OH excluding ortho intramolecular Hbond substituents is 1. The van der Waals surface area contributed by atoms with Crippen molar-refractivity contribution in [1.82, 2.24) is 9.88 Å². The molecule has 6 heteroatoms. The lowest BCUT2D eigenvalue weighted by atomic mass is 9.98. The van der Waals surface area contributed by atoms with E-state index in [0.717, 1.165) is 36.3 Å². The zero-order chi connectivity index (χ0) is 16.7.